The number of carboxylic acid groups (broad SMARTS) is 1. The van der Waals surface area contributed by atoms with Crippen LogP contribution in [-0.2, 0) is 4.79 Å². The molecule has 266 valence electrons. The maximum atomic E-state index is 13.9. The number of amides is 1. The van der Waals surface area contributed by atoms with Gasteiger partial charge in [-0.15, -0.1) is 0 Å². The third-order valence-electron chi connectivity index (χ3n) is 17.3. The molecule has 0 radical (unpaired) electrons. The average molecular weight is 667 g/mol. The molecule has 5 saturated carbocycles. The van der Waals surface area contributed by atoms with E-state index in [1.807, 2.05) is 12.1 Å². The second kappa shape index (κ2) is 11.3. The monoisotopic (exact) mass is 666 g/mol. The highest BCUT2D eigenvalue weighted by molar-refractivity contribution is 5.88. The van der Waals surface area contributed by atoms with Crippen molar-refractivity contribution in [3.63, 3.8) is 0 Å². The summed E-state index contributed by atoms with van der Waals surface area (Å²) in [6, 6.07) is 8.23. The lowest BCUT2D eigenvalue weighted by atomic mass is 9.33. The van der Waals surface area contributed by atoms with Gasteiger partial charge < -0.3 is 10.4 Å². The Balaban J connectivity index is 1.08. The molecule has 5 nitrogen and oxygen atoms in total. The molecule has 0 unspecified atom stereocenters. The van der Waals surface area contributed by atoms with E-state index in [-0.39, 0.29) is 33.1 Å². The van der Waals surface area contributed by atoms with Crippen molar-refractivity contribution in [3.8, 4) is 0 Å². The van der Waals surface area contributed by atoms with Gasteiger partial charge >= 0.3 is 5.97 Å². The van der Waals surface area contributed by atoms with Gasteiger partial charge in [0.25, 0.3) is 0 Å². The van der Waals surface area contributed by atoms with Crippen LogP contribution in [-0.4, -0.2) is 46.6 Å². The van der Waals surface area contributed by atoms with Gasteiger partial charge in [0.2, 0.25) is 5.91 Å². The average Bonchev–Trinajstić information content (AvgIpc) is 3.76. The normalized spacial score (nSPS) is 45.0. The topological polar surface area (TPSA) is 69.6 Å². The van der Waals surface area contributed by atoms with Gasteiger partial charge in [0.1, 0.15) is 0 Å². The fourth-order valence-electron chi connectivity index (χ4n) is 15.0. The van der Waals surface area contributed by atoms with Crippen LogP contribution in [0.2, 0.25) is 0 Å². The van der Waals surface area contributed by atoms with E-state index in [9.17, 15) is 14.7 Å². The van der Waals surface area contributed by atoms with E-state index < -0.39 is 5.97 Å². The summed E-state index contributed by atoms with van der Waals surface area (Å²) in [4.78, 5) is 28.0. The largest absolute Gasteiger partial charge is 0.478 e. The van der Waals surface area contributed by atoms with Crippen LogP contribution in [0.3, 0.4) is 0 Å². The van der Waals surface area contributed by atoms with Gasteiger partial charge in [-0.25, -0.2) is 4.79 Å². The SMILES string of the molecule is C=C(C)[C@@H]1CC[C@]2(NC(=O)CN3C[C@@H]4CC[C@@H]3C4)CC[C@]3(C)[C@H](CC[C@@H]4[C@@]5(C)CC=C(c6ccc(C(=O)O)cc6)C(C)(C)[C@@H]5CC[C@]43C)[C@@H]12. The molecule has 11 atom stereocenters. The Labute approximate surface area is 295 Å². The van der Waals surface area contributed by atoms with Crippen LogP contribution < -0.4 is 5.32 Å². The maximum absolute atomic E-state index is 13.9. The van der Waals surface area contributed by atoms with Gasteiger partial charge in [-0.3, -0.25) is 9.69 Å². The van der Waals surface area contributed by atoms with E-state index >= 15 is 0 Å². The molecular weight excluding hydrogens is 604 g/mol. The lowest BCUT2D eigenvalue weighted by Gasteiger charge is -2.72. The van der Waals surface area contributed by atoms with Crippen LogP contribution >= 0.6 is 0 Å². The predicted molar refractivity (Wildman–Crippen MR) is 197 cm³/mol. The number of likely N-dealkylation sites (tertiary alicyclic amines) is 1. The third-order valence-corrected chi connectivity index (χ3v) is 17.3. The number of benzene rings is 1. The molecule has 5 heteroatoms. The Morgan fingerprint density at radius 3 is 2.31 bits per heavy atom. The number of nitrogens with one attached hydrogen (secondary N) is 1. The summed E-state index contributed by atoms with van der Waals surface area (Å²) in [5, 5.41) is 13.3. The molecular formula is C44H62N2O3. The molecule has 0 aromatic heterocycles. The fourth-order valence-corrected chi connectivity index (χ4v) is 15.0. The Hall–Kier alpha value is -2.40. The van der Waals surface area contributed by atoms with E-state index in [0.717, 1.165) is 38.1 Å². The van der Waals surface area contributed by atoms with Crippen molar-refractivity contribution in [1.29, 1.82) is 0 Å². The minimum Gasteiger partial charge on any atom is -0.478 e. The van der Waals surface area contributed by atoms with Crippen molar-refractivity contribution < 1.29 is 14.7 Å². The number of hydrogen-bond acceptors (Lipinski definition) is 3. The van der Waals surface area contributed by atoms with E-state index in [2.05, 4.69) is 64.4 Å². The first-order valence-corrected chi connectivity index (χ1v) is 19.9. The highest BCUT2D eigenvalue weighted by Crippen LogP contribution is 2.76. The van der Waals surface area contributed by atoms with Crippen molar-refractivity contribution in [3.05, 3.63) is 53.6 Å². The second-order valence-corrected chi connectivity index (χ2v) is 19.6. The first-order chi connectivity index (χ1) is 23.1. The van der Waals surface area contributed by atoms with E-state index in [4.69, 9.17) is 0 Å². The standard InChI is InChI=1S/C44H62N2O3/c1-27(2)32-16-21-44(45-37(47)26-46-25-28-8-13-31(46)24-28)23-22-42(6)34(38(32)44)14-15-36-41(5)19-17-33(29-9-11-30(12-10-29)39(48)49)40(3,4)35(41)18-20-43(36,42)7/h9-12,17,28,31-32,34-36,38H,1,8,13-16,18-26H2,2-7H3,(H,45,47)(H,48,49)/t28-,31-,32+,34-,35+,36-,38-,41+,42-,43-,44+/m1/s1. The quantitative estimate of drug-likeness (QED) is 0.297. The molecule has 0 spiro atoms. The van der Waals surface area contributed by atoms with Gasteiger partial charge in [-0.2, -0.15) is 0 Å². The molecule has 2 bridgehead atoms. The Bertz CT molecular complexity index is 1580. The summed E-state index contributed by atoms with van der Waals surface area (Å²) in [5.74, 6) is 3.04. The third kappa shape index (κ3) is 4.78. The molecule has 1 heterocycles. The fraction of sp³-hybridized carbons (Fsp3) is 0.727. The summed E-state index contributed by atoms with van der Waals surface area (Å²) in [7, 11) is 0. The van der Waals surface area contributed by atoms with Crippen molar-refractivity contribution in [2.45, 2.75) is 130 Å². The smallest absolute Gasteiger partial charge is 0.335 e. The molecule has 6 aliphatic carbocycles. The first kappa shape index (κ1) is 33.7. The van der Waals surface area contributed by atoms with E-state index in [1.54, 1.807) is 12.1 Å². The number of nitrogens with zero attached hydrogens (tertiary/aromatic N) is 1. The number of aromatic carboxylic acids is 1. The number of piperidine rings is 1. The molecule has 1 amide bonds. The van der Waals surface area contributed by atoms with Gasteiger partial charge in [-0.05, 0) is 164 Å². The predicted octanol–water partition coefficient (Wildman–Crippen LogP) is 9.39. The number of rotatable bonds is 6. The first-order valence-electron chi connectivity index (χ1n) is 19.9. The molecule has 6 fully saturated rings. The number of carboxylic acids is 1. The molecule has 1 aromatic carbocycles. The second-order valence-electron chi connectivity index (χ2n) is 19.6. The van der Waals surface area contributed by atoms with Gasteiger partial charge in [0.15, 0.2) is 0 Å². The summed E-state index contributed by atoms with van der Waals surface area (Å²) in [6.07, 6.45) is 17.2. The zero-order valence-electron chi connectivity index (χ0n) is 31.2. The Morgan fingerprint density at radius 1 is 0.898 bits per heavy atom. The molecule has 1 aliphatic heterocycles. The zero-order valence-corrected chi connectivity index (χ0v) is 31.2. The van der Waals surface area contributed by atoms with Gasteiger partial charge in [-0.1, -0.05) is 65.0 Å². The number of fused-ring (bicyclic) bond motifs is 9. The molecule has 1 aromatic rings. The van der Waals surface area contributed by atoms with Crippen molar-refractivity contribution in [2.24, 2.45) is 57.2 Å². The summed E-state index contributed by atoms with van der Waals surface area (Å²) >= 11 is 0. The van der Waals surface area contributed by atoms with Crippen molar-refractivity contribution in [1.82, 2.24) is 10.2 Å². The Morgan fingerprint density at radius 2 is 1.65 bits per heavy atom. The lowest BCUT2D eigenvalue weighted by molar-refractivity contribution is -0.219. The number of carbonyl (C=O) groups is 2. The minimum atomic E-state index is -0.866. The molecule has 7 aliphatic rings. The van der Waals surface area contributed by atoms with E-state index in [1.165, 1.54) is 68.1 Å². The highest BCUT2D eigenvalue weighted by Gasteiger charge is 2.70. The number of carbonyl (C=O) groups excluding carboxylic acids is 1. The van der Waals surface area contributed by atoms with Crippen molar-refractivity contribution >= 4 is 17.4 Å². The summed E-state index contributed by atoms with van der Waals surface area (Å²) in [5.41, 5.74) is 4.87. The summed E-state index contributed by atoms with van der Waals surface area (Å²) < 4.78 is 0. The van der Waals surface area contributed by atoms with Crippen LogP contribution in [0.25, 0.3) is 5.57 Å². The molecule has 1 saturated heterocycles. The van der Waals surface area contributed by atoms with Crippen LogP contribution in [0.15, 0.2) is 42.5 Å². The molecule has 2 N–H and O–H groups in total. The van der Waals surface area contributed by atoms with Crippen LogP contribution in [0.4, 0.5) is 0 Å². The Kier molecular flexibility index (Phi) is 7.78. The number of hydrogen-bond donors (Lipinski definition) is 2. The molecule has 8 rings (SSSR count). The lowest BCUT2D eigenvalue weighted by Crippen LogP contribution is -2.68. The van der Waals surface area contributed by atoms with Crippen LogP contribution in [0.1, 0.15) is 135 Å². The van der Waals surface area contributed by atoms with Crippen LogP contribution in [0, 0.1) is 57.2 Å². The summed E-state index contributed by atoms with van der Waals surface area (Å²) in [6.45, 7) is 21.5. The number of allylic oxidation sites excluding steroid dienone is 3. The van der Waals surface area contributed by atoms with E-state index in [0.29, 0.717) is 47.7 Å². The van der Waals surface area contributed by atoms with Gasteiger partial charge in [0.05, 0.1) is 12.1 Å². The highest BCUT2D eigenvalue weighted by atomic mass is 16.4. The van der Waals surface area contributed by atoms with Crippen LogP contribution in [0.5, 0.6) is 0 Å². The maximum Gasteiger partial charge on any atom is 0.335 e. The zero-order chi connectivity index (χ0) is 34.7. The minimum absolute atomic E-state index is 0.00810. The van der Waals surface area contributed by atoms with Crippen molar-refractivity contribution in [2.75, 3.05) is 13.1 Å². The molecule has 49 heavy (non-hydrogen) atoms. The van der Waals surface area contributed by atoms with Gasteiger partial charge in [0, 0.05) is 18.1 Å².